The molecule has 0 aromatic heterocycles. The minimum atomic E-state index is -1.84. The van der Waals surface area contributed by atoms with Crippen molar-refractivity contribution >= 4 is 41.8 Å². The highest BCUT2D eigenvalue weighted by Crippen LogP contribution is 2.25. The summed E-state index contributed by atoms with van der Waals surface area (Å²) in [6.45, 7) is 8.84. The fourth-order valence-corrected chi connectivity index (χ4v) is 3.13. The first-order valence-corrected chi connectivity index (χ1v) is 11.6. The summed E-state index contributed by atoms with van der Waals surface area (Å²) in [5.74, 6) is 0. The van der Waals surface area contributed by atoms with E-state index in [2.05, 4.69) is 40.7 Å². The summed E-state index contributed by atoms with van der Waals surface area (Å²) < 4.78 is 6.94. The smallest absolute Gasteiger partial charge is 0.224 e. The molecule has 2 aromatic rings. The summed E-state index contributed by atoms with van der Waals surface area (Å²) in [5.41, 5.74) is 2.06. The lowest BCUT2D eigenvalue weighted by atomic mass is 10.2. The van der Waals surface area contributed by atoms with Gasteiger partial charge in [-0.3, -0.25) is 0 Å². The van der Waals surface area contributed by atoms with Gasteiger partial charge in [-0.25, -0.2) is 5.01 Å². The Morgan fingerprint density at radius 2 is 1.58 bits per heavy atom. The van der Waals surface area contributed by atoms with E-state index in [0.717, 1.165) is 21.9 Å². The Morgan fingerprint density at radius 1 is 1.08 bits per heavy atom. The van der Waals surface area contributed by atoms with E-state index in [9.17, 15) is 0 Å². The monoisotopic (exact) mass is 402 g/mol. The average Bonchev–Trinajstić information content (AvgIpc) is 2.59. The Bertz CT molecular complexity index is 635. The standard InChI is InChI=1S/C19H23BrN2OSi/c1-17(20)24(2,3)23-16-10-15-21-22(18-11-6-4-7-12-18)19-13-8-5-9-14-19/h4-9,11-15H,1,10,16H2,2-3H3/b21-15+. The van der Waals surface area contributed by atoms with Crippen LogP contribution in [0.2, 0.25) is 13.1 Å². The van der Waals surface area contributed by atoms with Gasteiger partial charge < -0.3 is 4.43 Å². The molecule has 0 unspecified atom stereocenters. The maximum absolute atomic E-state index is 5.97. The third-order valence-electron chi connectivity index (χ3n) is 3.56. The second-order valence-corrected chi connectivity index (χ2v) is 11.4. The molecular weight excluding hydrogens is 380 g/mol. The van der Waals surface area contributed by atoms with E-state index >= 15 is 0 Å². The first-order chi connectivity index (χ1) is 11.5. The molecule has 3 nitrogen and oxygen atoms in total. The van der Waals surface area contributed by atoms with E-state index in [1.165, 1.54) is 0 Å². The summed E-state index contributed by atoms with van der Waals surface area (Å²) in [5, 5.41) is 6.57. The van der Waals surface area contributed by atoms with Gasteiger partial charge in [-0.15, -0.1) is 0 Å². The summed E-state index contributed by atoms with van der Waals surface area (Å²) in [7, 11) is -1.84. The molecule has 0 bridgehead atoms. The maximum Gasteiger partial charge on any atom is 0.224 e. The molecule has 0 heterocycles. The zero-order chi connectivity index (χ0) is 17.4. The first kappa shape index (κ1) is 18.6. The molecule has 24 heavy (non-hydrogen) atoms. The number of anilines is 2. The second-order valence-electron chi connectivity index (χ2n) is 5.83. The molecule has 0 aliphatic heterocycles. The average molecular weight is 403 g/mol. The van der Waals surface area contributed by atoms with Gasteiger partial charge in [-0.2, -0.15) is 5.10 Å². The molecule has 0 atom stereocenters. The van der Waals surface area contributed by atoms with Crippen LogP contribution in [0.15, 0.2) is 76.4 Å². The highest BCUT2D eigenvalue weighted by molar-refractivity contribution is 9.12. The van der Waals surface area contributed by atoms with Gasteiger partial charge in [0.15, 0.2) is 0 Å². The molecule has 0 aliphatic carbocycles. The number of benzene rings is 2. The fraction of sp³-hybridized carbons (Fsp3) is 0.211. The molecule has 0 fully saturated rings. The van der Waals surface area contributed by atoms with Crippen molar-refractivity contribution in [3.63, 3.8) is 0 Å². The van der Waals surface area contributed by atoms with Crippen LogP contribution in [-0.4, -0.2) is 21.1 Å². The van der Waals surface area contributed by atoms with Gasteiger partial charge in [0.1, 0.15) is 0 Å². The summed E-state index contributed by atoms with van der Waals surface area (Å²) in [6.07, 6.45) is 2.66. The molecule has 0 aliphatic rings. The Kier molecular flexibility index (Phi) is 6.96. The highest BCUT2D eigenvalue weighted by Gasteiger charge is 2.24. The van der Waals surface area contributed by atoms with Crippen LogP contribution in [0.1, 0.15) is 6.42 Å². The first-order valence-electron chi connectivity index (χ1n) is 7.92. The molecule has 0 spiro atoms. The predicted octanol–water partition coefficient (Wildman–Crippen LogP) is 5.87. The van der Waals surface area contributed by atoms with Crippen LogP contribution in [-0.2, 0) is 4.43 Å². The number of nitrogens with zero attached hydrogens (tertiary/aromatic N) is 2. The SMILES string of the molecule is C=C(Br)[Si](C)(C)OCC/C=N/N(c1ccccc1)c1ccccc1. The molecule has 0 amide bonds. The molecule has 0 radical (unpaired) electrons. The van der Waals surface area contributed by atoms with Crippen LogP contribution in [0.5, 0.6) is 0 Å². The fourth-order valence-electron chi connectivity index (χ4n) is 2.01. The van der Waals surface area contributed by atoms with Crippen LogP contribution < -0.4 is 5.01 Å². The minimum absolute atomic E-state index is 0.644. The zero-order valence-electron chi connectivity index (χ0n) is 14.2. The van der Waals surface area contributed by atoms with Crippen molar-refractivity contribution < 1.29 is 4.43 Å². The minimum Gasteiger partial charge on any atom is -0.412 e. The Morgan fingerprint density at radius 3 is 2.04 bits per heavy atom. The molecule has 5 heteroatoms. The van der Waals surface area contributed by atoms with Gasteiger partial charge in [0.25, 0.3) is 0 Å². The number of halogens is 1. The molecule has 126 valence electrons. The van der Waals surface area contributed by atoms with Crippen LogP contribution >= 0.6 is 15.9 Å². The maximum atomic E-state index is 5.97. The van der Waals surface area contributed by atoms with Crippen LogP contribution in [0.4, 0.5) is 11.4 Å². The Balaban J connectivity index is 2.03. The van der Waals surface area contributed by atoms with Crippen molar-refractivity contribution in [1.82, 2.24) is 0 Å². The van der Waals surface area contributed by atoms with Gasteiger partial charge in [-0.05, 0) is 37.4 Å². The number of para-hydroxylation sites is 2. The van der Waals surface area contributed by atoms with Crippen LogP contribution in [0.25, 0.3) is 0 Å². The molecular formula is C19H23BrN2OSi. The van der Waals surface area contributed by atoms with Crippen molar-refractivity contribution in [2.45, 2.75) is 19.5 Å². The lowest BCUT2D eigenvalue weighted by molar-refractivity contribution is 0.327. The summed E-state index contributed by atoms with van der Waals surface area (Å²) in [6, 6.07) is 20.3. The topological polar surface area (TPSA) is 24.8 Å². The normalized spacial score (nSPS) is 11.6. The van der Waals surface area contributed by atoms with E-state index in [4.69, 9.17) is 4.43 Å². The van der Waals surface area contributed by atoms with Crippen molar-refractivity contribution in [2.75, 3.05) is 11.6 Å². The van der Waals surface area contributed by atoms with Gasteiger partial charge >= 0.3 is 0 Å². The highest BCUT2D eigenvalue weighted by atomic mass is 79.9. The summed E-state index contributed by atoms with van der Waals surface area (Å²) >= 11 is 3.45. The number of hydrazone groups is 1. The zero-order valence-corrected chi connectivity index (χ0v) is 16.7. The Hall–Kier alpha value is -1.69. The third-order valence-corrected chi connectivity index (χ3v) is 8.66. The molecule has 2 aromatic carbocycles. The lowest BCUT2D eigenvalue weighted by Crippen LogP contribution is -2.31. The van der Waals surface area contributed by atoms with Crippen molar-refractivity contribution in [3.05, 3.63) is 71.3 Å². The molecule has 2 rings (SSSR count). The van der Waals surface area contributed by atoms with Crippen molar-refractivity contribution in [2.24, 2.45) is 5.10 Å². The van der Waals surface area contributed by atoms with E-state index in [0.29, 0.717) is 6.61 Å². The van der Waals surface area contributed by atoms with Crippen LogP contribution in [0.3, 0.4) is 0 Å². The predicted molar refractivity (Wildman–Crippen MR) is 110 cm³/mol. The number of hydrogen-bond donors (Lipinski definition) is 0. The largest absolute Gasteiger partial charge is 0.412 e. The molecule has 0 saturated carbocycles. The summed E-state index contributed by atoms with van der Waals surface area (Å²) in [4.78, 5) is 0. The van der Waals surface area contributed by atoms with E-state index < -0.39 is 8.32 Å². The number of rotatable bonds is 8. The second kappa shape index (κ2) is 8.96. The molecule has 0 saturated heterocycles. The van der Waals surface area contributed by atoms with Crippen LogP contribution in [0, 0.1) is 0 Å². The van der Waals surface area contributed by atoms with E-state index in [1.54, 1.807) is 0 Å². The lowest BCUT2D eigenvalue weighted by Gasteiger charge is -2.21. The van der Waals surface area contributed by atoms with Gasteiger partial charge in [0, 0.05) is 23.3 Å². The molecule has 0 N–H and O–H groups in total. The number of hydrogen-bond acceptors (Lipinski definition) is 3. The van der Waals surface area contributed by atoms with Crippen molar-refractivity contribution in [1.29, 1.82) is 0 Å². The Labute approximate surface area is 153 Å². The third kappa shape index (κ3) is 5.44. The van der Waals surface area contributed by atoms with E-state index in [-0.39, 0.29) is 0 Å². The van der Waals surface area contributed by atoms with Gasteiger partial charge in [0.2, 0.25) is 8.32 Å². The van der Waals surface area contributed by atoms with Gasteiger partial charge in [0.05, 0.1) is 11.4 Å². The van der Waals surface area contributed by atoms with E-state index in [1.807, 2.05) is 71.9 Å². The van der Waals surface area contributed by atoms with Crippen molar-refractivity contribution in [3.8, 4) is 0 Å². The quantitative estimate of drug-likeness (QED) is 0.238. The van der Waals surface area contributed by atoms with Gasteiger partial charge in [-0.1, -0.05) is 58.9 Å².